The van der Waals surface area contributed by atoms with Crippen molar-refractivity contribution in [1.29, 1.82) is 0 Å². The second-order valence-corrected chi connectivity index (χ2v) is 3.23. The van der Waals surface area contributed by atoms with Crippen molar-refractivity contribution in [3.8, 4) is 12.3 Å². The van der Waals surface area contributed by atoms with Gasteiger partial charge in [-0.3, -0.25) is 0 Å². The number of hydrogen-bond donors (Lipinski definition) is 1. The van der Waals surface area contributed by atoms with Gasteiger partial charge in [0.15, 0.2) is 0 Å². The van der Waals surface area contributed by atoms with E-state index in [1.54, 1.807) is 0 Å². The molecule has 0 aromatic carbocycles. The fraction of sp³-hybridized carbons (Fsp3) is 0.800. The average molecular weight is 167 g/mol. The van der Waals surface area contributed by atoms with Crippen LogP contribution in [0.5, 0.6) is 0 Å². The first kappa shape index (κ1) is 9.57. The van der Waals surface area contributed by atoms with Gasteiger partial charge in [0.2, 0.25) is 0 Å². The van der Waals surface area contributed by atoms with Crippen LogP contribution < -0.4 is 5.32 Å². The lowest BCUT2D eigenvalue weighted by atomic mass is 9.94. The molecule has 1 heterocycles. The number of terminal acetylenes is 1. The van der Waals surface area contributed by atoms with E-state index in [0.717, 1.165) is 19.6 Å². The summed E-state index contributed by atoms with van der Waals surface area (Å²) < 4.78 is 5.46. The van der Waals surface area contributed by atoms with E-state index in [-0.39, 0.29) is 6.04 Å². The first-order valence-corrected chi connectivity index (χ1v) is 4.60. The van der Waals surface area contributed by atoms with Crippen LogP contribution in [0, 0.1) is 18.3 Å². The molecule has 0 amide bonds. The number of nitrogens with one attached hydrogen (secondary N) is 1. The van der Waals surface area contributed by atoms with Crippen LogP contribution in [-0.4, -0.2) is 25.3 Å². The molecule has 1 saturated heterocycles. The molecule has 2 heteroatoms. The molecule has 0 spiro atoms. The molecule has 0 radical (unpaired) electrons. The van der Waals surface area contributed by atoms with Gasteiger partial charge in [-0.25, -0.2) is 0 Å². The van der Waals surface area contributed by atoms with Crippen LogP contribution in [0.1, 0.15) is 20.3 Å². The molecule has 0 aliphatic carbocycles. The van der Waals surface area contributed by atoms with Gasteiger partial charge in [0, 0.05) is 12.5 Å². The maximum atomic E-state index is 5.46. The molecule has 2 nitrogen and oxygen atoms in total. The summed E-state index contributed by atoms with van der Waals surface area (Å²) in [7, 11) is 0. The fourth-order valence-corrected chi connectivity index (χ4v) is 1.74. The quantitative estimate of drug-likeness (QED) is 0.634. The van der Waals surface area contributed by atoms with Gasteiger partial charge >= 0.3 is 0 Å². The molecule has 1 aliphatic rings. The van der Waals surface area contributed by atoms with Crippen molar-refractivity contribution < 1.29 is 4.74 Å². The molecule has 1 N–H and O–H groups in total. The van der Waals surface area contributed by atoms with Crippen LogP contribution in [0.4, 0.5) is 0 Å². The topological polar surface area (TPSA) is 21.3 Å². The van der Waals surface area contributed by atoms with Crippen molar-refractivity contribution in [2.24, 2.45) is 5.92 Å². The van der Waals surface area contributed by atoms with E-state index < -0.39 is 0 Å². The van der Waals surface area contributed by atoms with Crippen molar-refractivity contribution in [1.82, 2.24) is 5.32 Å². The predicted octanol–water partition coefficient (Wildman–Crippen LogP) is 1.02. The standard InChI is InChI=1S/C10H17NO/c1-4-10(11-5-2)9-6-7-12-8(9)3/h1,8-11H,5-7H2,2-3H3. The van der Waals surface area contributed by atoms with Crippen molar-refractivity contribution in [2.75, 3.05) is 13.2 Å². The van der Waals surface area contributed by atoms with Gasteiger partial charge in [0.25, 0.3) is 0 Å². The number of rotatable bonds is 3. The first-order chi connectivity index (χ1) is 5.79. The van der Waals surface area contributed by atoms with Crippen molar-refractivity contribution in [3.63, 3.8) is 0 Å². The zero-order valence-electron chi connectivity index (χ0n) is 7.84. The third kappa shape index (κ3) is 2.00. The van der Waals surface area contributed by atoms with Gasteiger partial charge in [0.1, 0.15) is 0 Å². The van der Waals surface area contributed by atoms with E-state index in [0.29, 0.717) is 12.0 Å². The van der Waals surface area contributed by atoms with Gasteiger partial charge in [-0.2, -0.15) is 0 Å². The third-order valence-electron chi connectivity index (χ3n) is 2.47. The molecule has 1 rings (SSSR count). The van der Waals surface area contributed by atoms with Gasteiger partial charge in [-0.15, -0.1) is 6.42 Å². The molecule has 1 fully saturated rings. The molecule has 3 atom stereocenters. The first-order valence-electron chi connectivity index (χ1n) is 4.60. The van der Waals surface area contributed by atoms with Gasteiger partial charge in [-0.05, 0) is 19.9 Å². The fourth-order valence-electron chi connectivity index (χ4n) is 1.74. The Hall–Kier alpha value is -0.520. The molecule has 1 aliphatic heterocycles. The molecule has 68 valence electrons. The highest BCUT2D eigenvalue weighted by molar-refractivity contribution is 5.04. The second-order valence-electron chi connectivity index (χ2n) is 3.23. The van der Waals surface area contributed by atoms with Crippen LogP contribution in [0.25, 0.3) is 0 Å². The van der Waals surface area contributed by atoms with Crippen LogP contribution in [0.15, 0.2) is 0 Å². The lowest BCUT2D eigenvalue weighted by molar-refractivity contribution is 0.101. The Morgan fingerprint density at radius 2 is 2.50 bits per heavy atom. The van der Waals surface area contributed by atoms with Crippen LogP contribution in [0.3, 0.4) is 0 Å². The molecule has 0 aromatic heterocycles. The Bertz CT molecular complexity index is 173. The van der Waals surface area contributed by atoms with E-state index in [4.69, 9.17) is 11.2 Å². The summed E-state index contributed by atoms with van der Waals surface area (Å²) in [6.45, 7) is 5.96. The Morgan fingerprint density at radius 1 is 1.75 bits per heavy atom. The summed E-state index contributed by atoms with van der Waals surface area (Å²) in [6.07, 6.45) is 6.83. The number of ether oxygens (including phenoxy) is 1. The van der Waals surface area contributed by atoms with E-state index >= 15 is 0 Å². The largest absolute Gasteiger partial charge is 0.378 e. The van der Waals surface area contributed by atoms with Gasteiger partial charge < -0.3 is 10.1 Å². The minimum Gasteiger partial charge on any atom is -0.378 e. The molecular weight excluding hydrogens is 150 g/mol. The lowest BCUT2D eigenvalue weighted by Gasteiger charge is -2.21. The molecular formula is C10H17NO. The SMILES string of the molecule is C#CC(NCC)C1CCOC1C. The van der Waals surface area contributed by atoms with Crippen molar-refractivity contribution in [2.45, 2.75) is 32.4 Å². The lowest BCUT2D eigenvalue weighted by Crippen LogP contribution is -2.37. The third-order valence-corrected chi connectivity index (χ3v) is 2.47. The van der Waals surface area contributed by atoms with Crippen molar-refractivity contribution in [3.05, 3.63) is 0 Å². The van der Waals surface area contributed by atoms with Gasteiger partial charge in [0.05, 0.1) is 12.1 Å². The summed E-state index contributed by atoms with van der Waals surface area (Å²) in [5, 5.41) is 3.29. The summed E-state index contributed by atoms with van der Waals surface area (Å²) in [4.78, 5) is 0. The molecule has 0 bridgehead atoms. The Morgan fingerprint density at radius 3 is 2.92 bits per heavy atom. The summed E-state index contributed by atoms with van der Waals surface area (Å²) in [5.41, 5.74) is 0. The highest BCUT2D eigenvalue weighted by atomic mass is 16.5. The molecule has 0 aromatic rings. The van der Waals surface area contributed by atoms with E-state index in [1.807, 2.05) is 0 Å². The minimum absolute atomic E-state index is 0.187. The van der Waals surface area contributed by atoms with Gasteiger partial charge in [-0.1, -0.05) is 12.8 Å². The maximum Gasteiger partial charge on any atom is 0.0741 e. The predicted molar refractivity (Wildman–Crippen MR) is 49.8 cm³/mol. The highest BCUT2D eigenvalue weighted by Crippen LogP contribution is 2.23. The Balaban J connectivity index is 2.48. The Kier molecular flexibility index (Phi) is 3.58. The molecule has 0 saturated carbocycles. The Labute approximate surface area is 74.7 Å². The van der Waals surface area contributed by atoms with Crippen LogP contribution in [-0.2, 0) is 4.74 Å². The summed E-state index contributed by atoms with van der Waals surface area (Å²) in [6, 6.07) is 0.187. The summed E-state index contributed by atoms with van der Waals surface area (Å²) >= 11 is 0. The van der Waals surface area contributed by atoms with E-state index in [2.05, 4.69) is 25.1 Å². The number of hydrogen-bond acceptors (Lipinski definition) is 2. The highest BCUT2D eigenvalue weighted by Gasteiger charge is 2.30. The maximum absolute atomic E-state index is 5.46. The average Bonchev–Trinajstić information content (AvgIpc) is 2.47. The zero-order valence-corrected chi connectivity index (χ0v) is 7.84. The van der Waals surface area contributed by atoms with E-state index in [9.17, 15) is 0 Å². The van der Waals surface area contributed by atoms with Crippen LogP contribution in [0.2, 0.25) is 0 Å². The van der Waals surface area contributed by atoms with E-state index in [1.165, 1.54) is 0 Å². The normalized spacial score (nSPS) is 31.4. The summed E-state index contributed by atoms with van der Waals surface area (Å²) in [5.74, 6) is 3.28. The molecule has 12 heavy (non-hydrogen) atoms. The van der Waals surface area contributed by atoms with Crippen molar-refractivity contribution >= 4 is 0 Å². The second kappa shape index (κ2) is 4.49. The minimum atomic E-state index is 0.187. The smallest absolute Gasteiger partial charge is 0.0741 e. The van der Waals surface area contributed by atoms with Crippen LogP contribution >= 0.6 is 0 Å². The molecule has 3 unspecified atom stereocenters. The zero-order chi connectivity index (χ0) is 8.97. The monoisotopic (exact) mass is 167 g/mol.